The van der Waals surface area contributed by atoms with Crippen molar-refractivity contribution >= 4 is 34.5 Å². The molecule has 0 radical (unpaired) electrons. The third-order valence-corrected chi connectivity index (χ3v) is 6.39. The second kappa shape index (κ2) is 11.8. The van der Waals surface area contributed by atoms with E-state index in [4.69, 9.17) is 4.42 Å². The summed E-state index contributed by atoms with van der Waals surface area (Å²) in [4.78, 5) is 42.2. The van der Waals surface area contributed by atoms with E-state index in [1.165, 1.54) is 6.92 Å². The van der Waals surface area contributed by atoms with Crippen LogP contribution in [0.4, 0.5) is 10.5 Å². The van der Waals surface area contributed by atoms with E-state index < -0.39 is 30.0 Å². The highest BCUT2D eigenvalue weighted by atomic mass is 16.4. The number of hydrogen-bond acceptors (Lipinski definition) is 5. The molecule has 1 unspecified atom stereocenters. The van der Waals surface area contributed by atoms with Gasteiger partial charge in [-0.2, -0.15) is 0 Å². The van der Waals surface area contributed by atoms with Crippen LogP contribution in [0.2, 0.25) is 0 Å². The number of carboxylic acid groups (broad SMARTS) is 1. The van der Waals surface area contributed by atoms with Gasteiger partial charge in [0.25, 0.3) is 0 Å². The number of nitrogens with one attached hydrogen (secondary N) is 3. The van der Waals surface area contributed by atoms with Crippen molar-refractivity contribution in [2.45, 2.75) is 45.7 Å². The van der Waals surface area contributed by atoms with Gasteiger partial charge in [-0.1, -0.05) is 50.2 Å². The monoisotopic (exact) mass is 531 g/mol. The van der Waals surface area contributed by atoms with Crippen LogP contribution in [0.15, 0.2) is 65.2 Å². The average molecular weight is 532 g/mol. The largest absolute Gasteiger partial charge is 0.476 e. The number of anilines is 1. The highest BCUT2D eigenvalue weighted by Crippen LogP contribution is 2.27. The normalized spacial score (nSPS) is 12.7. The van der Waals surface area contributed by atoms with Crippen LogP contribution < -0.4 is 16.0 Å². The number of para-hydroxylation sites is 2. The van der Waals surface area contributed by atoms with Gasteiger partial charge < -0.3 is 30.0 Å². The van der Waals surface area contributed by atoms with Gasteiger partial charge >= 0.3 is 12.0 Å². The fraction of sp³-hybridized carbons (Fsp3) is 0.310. The summed E-state index contributed by atoms with van der Waals surface area (Å²) in [6.45, 7) is 5.44. The van der Waals surface area contributed by atoms with Crippen LogP contribution >= 0.6 is 0 Å². The second-order valence-electron chi connectivity index (χ2n) is 9.96. The van der Waals surface area contributed by atoms with Crippen molar-refractivity contribution in [3.05, 3.63) is 83.7 Å². The first-order valence-electron chi connectivity index (χ1n) is 12.8. The number of aromatic carboxylic acids is 1. The summed E-state index contributed by atoms with van der Waals surface area (Å²) in [7, 11) is 1.94. The lowest BCUT2D eigenvalue weighted by molar-refractivity contribution is -0.124. The Balaban J connectivity index is 1.61. The van der Waals surface area contributed by atoms with Gasteiger partial charge in [0.2, 0.25) is 11.8 Å². The Labute approximate surface area is 226 Å². The fourth-order valence-corrected chi connectivity index (χ4v) is 4.59. The molecule has 4 aromatic rings. The molecular formula is C29H33N5O5. The first kappa shape index (κ1) is 27.4. The number of urea groups is 1. The molecule has 10 heteroatoms. The first-order chi connectivity index (χ1) is 18.6. The highest BCUT2D eigenvalue weighted by molar-refractivity contribution is 5.94. The molecule has 0 fully saturated rings. The number of fused-ring (bicyclic) bond motifs is 1. The van der Waals surface area contributed by atoms with Crippen molar-refractivity contribution in [2.24, 2.45) is 13.0 Å². The number of carboxylic acids is 1. The van der Waals surface area contributed by atoms with E-state index in [0.29, 0.717) is 18.5 Å². The molecule has 2 heterocycles. The van der Waals surface area contributed by atoms with E-state index in [2.05, 4.69) is 20.9 Å². The van der Waals surface area contributed by atoms with Crippen LogP contribution in [0, 0.1) is 12.8 Å². The van der Waals surface area contributed by atoms with Crippen molar-refractivity contribution < 1.29 is 23.9 Å². The summed E-state index contributed by atoms with van der Waals surface area (Å²) in [6, 6.07) is 14.7. The molecule has 39 heavy (non-hydrogen) atoms. The zero-order valence-electron chi connectivity index (χ0n) is 22.4. The number of rotatable bonds is 10. The Morgan fingerprint density at radius 2 is 1.72 bits per heavy atom. The quantitative estimate of drug-likeness (QED) is 0.232. The smallest absolute Gasteiger partial charge is 0.358 e. The zero-order chi connectivity index (χ0) is 28.1. The molecule has 3 amide bonds. The van der Waals surface area contributed by atoms with Gasteiger partial charge in [0.05, 0.1) is 0 Å². The molecule has 0 aliphatic rings. The summed E-state index contributed by atoms with van der Waals surface area (Å²) in [5.74, 6) is -1.30. The molecular weight excluding hydrogens is 498 g/mol. The van der Waals surface area contributed by atoms with Gasteiger partial charge in [-0.3, -0.25) is 4.79 Å². The van der Waals surface area contributed by atoms with E-state index in [-0.39, 0.29) is 23.3 Å². The van der Waals surface area contributed by atoms with E-state index in [1.54, 1.807) is 24.3 Å². The van der Waals surface area contributed by atoms with Gasteiger partial charge in [-0.25, -0.2) is 14.6 Å². The minimum absolute atomic E-state index is 0.0863. The van der Waals surface area contributed by atoms with E-state index in [9.17, 15) is 19.5 Å². The zero-order valence-corrected chi connectivity index (χ0v) is 22.4. The Morgan fingerprint density at radius 1 is 1.03 bits per heavy atom. The summed E-state index contributed by atoms with van der Waals surface area (Å²) in [5, 5.41) is 19.0. The number of hydrogen-bond donors (Lipinski definition) is 4. The molecule has 0 spiro atoms. The average Bonchev–Trinajstić information content (AvgIpc) is 3.43. The SMILES string of the molecule is Cc1oc([C@@H](Cc2cn(C)c3ccccc23)NC(=O)C(CC(C)C)NC(=O)Nc2ccccc2)nc1C(=O)O. The van der Waals surface area contributed by atoms with Crippen LogP contribution in [0.1, 0.15) is 54.0 Å². The number of aryl methyl sites for hydroxylation is 2. The minimum Gasteiger partial charge on any atom is -0.476 e. The van der Waals surface area contributed by atoms with Gasteiger partial charge in [-0.05, 0) is 43.0 Å². The molecule has 204 valence electrons. The first-order valence-corrected chi connectivity index (χ1v) is 12.8. The van der Waals surface area contributed by atoms with Crippen LogP contribution in [-0.4, -0.2) is 38.6 Å². The van der Waals surface area contributed by atoms with Gasteiger partial charge in [-0.15, -0.1) is 0 Å². The summed E-state index contributed by atoms with van der Waals surface area (Å²) < 4.78 is 7.73. The van der Waals surface area contributed by atoms with Crippen molar-refractivity contribution in [1.29, 1.82) is 0 Å². The lowest BCUT2D eigenvalue weighted by atomic mass is 10.0. The minimum atomic E-state index is -1.21. The van der Waals surface area contributed by atoms with E-state index in [0.717, 1.165) is 16.5 Å². The number of aromatic nitrogens is 2. The van der Waals surface area contributed by atoms with Crippen molar-refractivity contribution in [1.82, 2.24) is 20.2 Å². The number of carbonyl (C=O) groups is 3. The molecule has 4 rings (SSSR count). The third kappa shape index (κ3) is 6.64. The number of benzene rings is 2. The van der Waals surface area contributed by atoms with Crippen molar-refractivity contribution in [3.8, 4) is 0 Å². The molecule has 2 aromatic carbocycles. The third-order valence-electron chi connectivity index (χ3n) is 6.39. The number of carbonyl (C=O) groups excluding carboxylic acids is 2. The maximum Gasteiger partial charge on any atom is 0.358 e. The molecule has 4 N–H and O–H groups in total. The Hall–Kier alpha value is -4.60. The molecule has 0 bridgehead atoms. The Kier molecular flexibility index (Phi) is 8.33. The predicted octanol–water partition coefficient (Wildman–Crippen LogP) is 4.81. The topological polar surface area (TPSA) is 138 Å². The van der Waals surface area contributed by atoms with Crippen LogP contribution in [0.5, 0.6) is 0 Å². The van der Waals surface area contributed by atoms with Gasteiger partial charge in [0.1, 0.15) is 17.8 Å². The molecule has 0 aliphatic heterocycles. The van der Waals surface area contributed by atoms with Crippen molar-refractivity contribution in [2.75, 3.05) is 5.32 Å². The lowest BCUT2D eigenvalue weighted by Crippen LogP contribution is -2.49. The second-order valence-corrected chi connectivity index (χ2v) is 9.96. The summed E-state index contributed by atoms with van der Waals surface area (Å²) >= 11 is 0. The maximum absolute atomic E-state index is 13.6. The lowest BCUT2D eigenvalue weighted by Gasteiger charge is -2.23. The predicted molar refractivity (Wildman–Crippen MR) is 148 cm³/mol. The number of nitrogens with zero attached hydrogens (tertiary/aromatic N) is 2. The summed E-state index contributed by atoms with van der Waals surface area (Å²) in [6.07, 6.45) is 2.66. The Morgan fingerprint density at radius 3 is 2.38 bits per heavy atom. The number of oxazole rings is 1. The number of amides is 3. The maximum atomic E-state index is 13.6. The van der Waals surface area contributed by atoms with E-state index >= 15 is 0 Å². The van der Waals surface area contributed by atoms with Gasteiger partial charge in [0, 0.05) is 36.3 Å². The molecule has 0 saturated heterocycles. The Bertz CT molecular complexity index is 1470. The van der Waals surface area contributed by atoms with Crippen molar-refractivity contribution in [3.63, 3.8) is 0 Å². The van der Waals surface area contributed by atoms with Crippen LogP contribution in [0.25, 0.3) is 10.9 Å². The fourth-order valence-electron chi connectivity index (χ4n) is 4.59. The standard InChI is InChI=1S/C29H33N5O5/c1-17(2)14-22(32-29(38)30-20-10-6-5-7-11-20)26(35)31-23(27-33-25(28(36)37)18(3)39-27)15-19-16-34(4)24-13-9-8-12-21(19)24/h5-13,16-17,22-23H,14-15H2,1-4H3,(H,31,35)(H,36,37)(H2,30,32,38)/t22?,23-/m1/s1. The molecule has 0 aliphatic carbocycles. The van der Waals surface area contributed by atoms with E-state index in [1.807, 2.05) is 62.0 Å². The molecule has 2 atom stereocenters. The molecule has 2 aromatic heterocycles. The molecule has 10 nitrogen and oxygen atoms in total. The highest BCUT2D eigenvalue weighted by Gasteiger charge is 2.29. The van der Waals surface area contributed by atoms with Gasteiger partial charge in [0.15, 0.2) is 5.69 Å². The van der Waals surface area contributed by atoms with Crippen LogP contribution in [-0.2, 0) is 18.3 Å². The molecule has 0 saturated carbocycles. The van der Waals surface area contributed by atoms with Crippen LogP contribution in [0.3, 0.4) is 0 Å². The summed E-state index contributed by atoms with van der Waals surface area (Å²) in [5.41, 5.74) is 2.34.